The topological polar surface area (TPSA) is 91.3 Å². The van der Waals surface area contributed by atoms with Gasteiger partial charge in [-0.1, -0.05) is 102 Å². The molecule has 0 radical (unpaired) electrons. The van der Waals surface area contributed by atoms with E-state index in [1.165, 1.54) is 57.8 Å². The lowest BCUT2D eigenvalue weighted by Crippen LogP contribution is -2.37. The van der Waals surface area contributed by atoms with E-state index in [9.17, 15) is 14.3 Å². The molecule has 9 heteroatoms. The first kappa shape index (κ1) is 42.7. The van der Waals surface area contributed by atoms with Crippen LogP contribution < -0.4 is 0 Å². The van der Waals surface area contributed by atoms with Crippen molar-refractivity contribution in [3.63, 3.8) is 0 Å². The average molecular weight is 645 g/mol. The molecule has 0 aliphatic heterocycles. The molecule has 0 amide bonds. The Morgan fingerprint density at radius 1 is 0.705 bits per heavy atom. The second kappa shape index (κ2) is 29.1. The van der Waals surface area contributed by atoms with E-state index < -0.39 is 13.9 Å². The summed E-state index contributed by atoms with van der Waals surface area (Å²) in [6, 6.07) is 0. The van der Waals surface area contributed by atoms with Crippen molar-refractivity contribution in [3.05, 3.63) is 36.5 Å². The Morgan fingerprint density at radius 2 is 1.25 bits per heavy atom. The Kier molecular flexibility index (Phi) is 28.3. The fourth-order valence-corrected chi connectivity index (χ4v) is 4.92. The number of unbranched alkanes of at least 4 members (excludes halogenated alkanes) is 11. The summed E-state index contributed by atoms with van der Waals surface area (Å²) in [5, 5.41) is 0. The number of quaternary nitrogens is 1. The van der Waals surface area contributed by atoms with Crippen molar-refractivity contribution in [2.24, 2.45) is 0 Å². The van der Waals surface area contributed by atoms with Gasteiger partial charge in [0.2, 0.25) is 0 Å². The first-order valence-corrected chi connectivity index (χ1v) is 18.7. The minimum Gasteiger partial charge on any atom is -0.457 e. The monoisotopic (exact) mass is 644 g/mol. The van der Waals surface area contributed by atoms with Crippen LogP contribution in [0, 0.1) is 0 Å². The molecule has 258 valence electrons. The van der Waals surface area contributed by atoms with Crippen LogP contribution in [0.15, 0.2) is 36.5 Å². The molecule has 0 spiro atoms. The highest BCUT2D eigenvalue weighted by Gasteiger charge is 2.26. The summed E-state index contributed by atoms with van der Waals surface area (Å²) in [5.41, 5.74) is 0. The van der Waals surface area contributed by atoms with Crippen LogP contribution >= 0.6 is 7.82 Å². The zero-order valence-electron chi connectivity index (χ0n) is 28.9. The van der Waals surface area contributed by atoms with Gasteiger partial charge in [0.15, 0.2) is 0 Å². The third-order valence-corrected chi connectivity index (χ3v) is 7.94. The lowest BCUT2D eigenvalue weighted by Gasteiger charge is -2.24. The maximum absolute atomic E-state index is 12.2. The lowest BCUT2D eigenvalue weighted by molar-refractivity contribution is -0.870. The predicted octanol–water partition coefficient (Wildman–Crippen LogP) is 9.09. The second-order valence-electron chi connectivity index (χ2n) is 12.5. The average Bonchev–Trinajstić information content (AvgIpc) is 2.96. The maximum atomic E-state index is 12.2. The molecule has 2 atom stereocenters. The van der Waals surface area contributed by atoms with Gasteiger partial charge in [0.1, 0.15) is 19.3 Å². The molecule has 2 unspecified atom stereocenters. The number of likely N-dealkylation sites (N-methyl/N-ethyl adjacent to an activating group) is 1. The van der Waals surface area contributed by atoms with Crippen molar-refractivity contribution in [2.75, 3.05) is 54.1 Å². The Hall–Kier alpha value is -1.28. The van der Waals surface area contributed by atoms with Crippen LogP contribution in [0.3, 0.4) is 0 Å². The van der Waals surface area contributed by atoms with Gasteiger partial charge in [-0.25, -0.2) is 4.57 Å². The van der Waals surface area contributed by atoms with Crippen LogP contribution in [0.5, 0.6) is 0 Å². The van der Waals surface area contributed by atoms with Gasteiger partial charge >= 0.3 is 13.8 Å². The van der Waals surface area contributed by atoms with Gasteiger partial charge in [-0.2, -0.15) is 0 Å². The van der Waals surface area contributed by atoms with Gasteiger partial charge in [0.25, 0.3) is 0 Å². The highest BCUT2D eigenvalue weighted by molar-refractivity contribution is 7.47. The smallest absolute Gasteiger partial charge is 0.457 e. The third-order valence-electron chi connectivity index (χ3n) is 6.95. The number of esters is 1. The van der Waals surface area contributed by atoms with Gasteiger partial charge in [-0.3, -0.25) is 13.8 Å². The van der Waals surface area contributed by atoms with E-state index in [2.05, 4.69) is 43.4 Å². The zero-order chi connectivity index (χ0) is 32.8. The van der Waals surface area contributed by atoms with Gasteiger partial charge in [-0.15, -0.1) is 0 Å². The number of carbonyl (C=O) groups excluding carboxylic acids is 1. The molecule has 0 aromatic heterocycles. The lowest BCUT2D eigenvalue weighted by atomic mass is 10.1. The normalized spacial score (nSPS) is 14.6. The molecule has 0 heterocycles. The summed E-state index contributed by atoms with van der Waals surface area (Å²) in [4.78, 5) is 22.1. The van der Waals surface area contributed by atoms with Crippen molar-refractivity contribution >= 4 is 13.8 Å². The van der Waals surface area contributed by atoms with E-state index in [0.717, 1.165) is 44.9 Å². The standard InChI is InChI=1S/C35H66NO7P/c1-6-8-10-11-12-13-14-15-16-17-18-19-20-21-22-23-24-25-26-27-30-40-32-34(43-35(37)28-9-7-2)33-42-44(38,39)41-31-29-36(3,4)5/h12-13,15-16,18-19,34H,6-11,14,17,20-33H2,1-5H3/p+1/b13-12-,16-15-,19-18-. The highest BCUT2D eigenvalue weighted by Crippen LogP contribution is 2.43. The quantitative estimate of drug-likeness (QED) is 0.0265. The summed E-state index contributed by atoms with van der Waals surface area (Å²) in [7, 11) is 1.65. The number of nitrogens with zero attached hydrogens (tertiary/aromatic N) is 1. The first-order valence-electron chi connectivity index (χ1n) is 17.2. The second-order valence-corrected chi connectivity index (χ2v) is 14.0. The molecule has 0 aromatic rings. The number of phosphoric ester groups is 1. The van der Waals surface area contributed by atoms with Crippen molar-refractivity contribution in [1.82, 2.24) is 0 Å². The van der Waals surface area contributed by atoms with E-state index in [0.29, 0.717) is 24.1 Å². The molecule has 8 nitrogen and oxygen atoms in total. The molecular formula is C35H67NO7P+. The predicted molar refractivity (Wildman–Crippen MR) is 183 cm³/mol. The van der Waals surface area contributed by atoms with E-state index in [4.69, 9.17) is 18.5 Å². The number of phosphoric acid groups is 1. The van der Waals surface area contributed by atoms with Crippen molar-refractivity contribution < 1.29 is 37.3 Å². The van der Waals surface area contributed by atoms with Gasteiger partial charge in [0, 0.05) is 13.0 Å². The molecule has 0 aliphatic carbocycles. The number of rotatable bonds is 31. The highest BCUT2D eigenvalue weighted by atomic mass is 31.2. The molecular weight excluding hydrogens is 577 g/mol. The molecule has 0 aliphatic rings. The van der Waals surface area contributed by atoms with Crippen molar-refractivity contribution in [2.45, 2.75) is 129 Å². The molecule has 0 saturated carbocycles. The first-order chi connectivity index (χ1) is 21.1. The van der Waals surface area contributed by atoms with E-state index in [1.807, 2.05) is 28.1 Å². The number of hydrogen-bond acceptors (Lipinski definition) is 6. The number of allylic oxidation sites excluding steroid dienone is 6. The van der Waals surface area contributed by atoms with E-state index in [-0.39, 0.29) is 25.8 Å². The minimum atomic E-state index is -4.24. The zero-order valence-corrected chi connectivity index (χ0v) is 29.8. The minimum absolute atomic E-state index is 0.0847. The Morgan fingerprint density at radius 3 is 1.84 bits per heavy atom. The number of hydrogen-bond donors (Lipinski definition) is 1. The Balaban J connectivity index is 3.97. The summed E-state index contributed by atoms with van der Waals surface area (Å²) >= 11 is 0. The summed E-state index contributed by atoms with van der Waals surface area (Å²) < 4.78 is 34.2. The molecule has 0 rings (SSSR count). The van der Waals surface area contributed by atoms with Gasteiger partial charge in [-0.05, 0) is 51.4 Å². The van der Waals surface area contributed by atoms with Crippen LogP contribution in [0.2, 0.25) is 0 Å². The Labute approximate surface area is 270 Å². The third kappa shape index (κ3) is 32.1. The summed E-state index contributed by atoms with van der Waals surface area (Å²) in [5.74, 6) is -0.355. The van der Waals surface area contributed by atoms with Crippen LogP contribution in [0.4, 0.5) is 0 Å². The molecule has 0 bridgehead atoms. The molecule has 0 saturated heterocycles. The number of carbonyl (C=O) groups is 1. The van der Waals surface area contributed by atoms with Crippen molar-refractivity contribution in [1.29, 1.82) is 0 Å². The molecule has 0 fully saturated rings. The van der Waals surface area contributed by atoms with Crippen LogP contribution in [-0.2, 0) is 27.9 Å². The molecule has 0 aromatic carbocycles. The van der Waals surface area contributed by atoms with E-state index >= 15 is 0 Å². The number of ether oxygens (including phenoxy) is 2. The van der Waals surface area contributed by atoms with E-state index in [1.54, 1.807) is 0 Å². The van der Waals surface area contributed by atoms with Crippen LogP contribution in [-0.4, -0.2) is 75.6 Å². The molecule has 1 N–H and O–H groups in total. The van der Waals surface area contributed by atoms with Crippen LogP contribution in [0.1, 0.15) is 123 Å². The fraction of sp³-hybridized carbons (Fsp3) is 0.800. The van der Waals surface area contributed by atoms with Gasteiger partial charge < -0.3 is 18.9 Å². The van der Waals surface area contributed by atoms with Crippen molar-refractivity contribution in [3.8, 4) is 0 Å². The maximum Gasteiger partial charge on any atom is 0.472 e. The summed E-state index contributed by atoms with van der Waals surface area (Å²) in [6.07, 6.45) is 31.3. The molecule has 44 heavy (non-hydrogen) atoms. The fourth-order valence-electron chi connectivity index (χ4n) is 4.18. The van der Waals surface area contributed by atoms with Gasteiger partial charge in [0.05, 0.1) is 34.4 Å². The largest absolute Gasteiger partial charge is 0.472 e. The SMILES string of the molecule is CCCCC/C=C\C/C=C\C/C=C\CCCCCCCCCOCC(COP(=O)(O)OCC[N+](C)(C)C)OC(=O)CCCC. The summed E-state index contributed by atoms with van der Waals surface area (Å²) in [6.45, 7) is 5.30. The van der Waals surface area contributed by atoms with Crippen LogP contribution in [0.25, 0.3) is 0 Å². The Bertz CT molecular complexity index is 807.